The number of hydrogen-bond acceptors (Lipinski definition) is 5. The summed E-state index contributed by atoms with van der Waals surface area (Å²) in [6, 6.07) is 4.41. The van der Waals surface area contributed by atoms with E-state index in [0.29, 0.717) is 23.6 Å². The number of rotatable bonds is 6. The molecule has 2 aromatic carbocycles. The second kappa shape index (κ2) is 10.6. The SMILES string of the molecule is Cc1ccc(C)c(NC(=O)COC(=O)C(C(C)C)N2C(=O)c3c(Br)c(Br)c(Br)c(Br)c3C2=O)c1. The number of hydrogen-bond donors (Lipinski definition) is 1. The lowest BCUT2D eigenvalue weighted by atomic mass is 10.0. The molecule has 1 aliphatic rings. The van der Waals surface area contributed by atoms with Crippen molar-refractivity contribution < 1.29 is 23.9 Å². The van der Waals surface area contributed by atoms with Crippen LogP contribution in [0.4, 0.5) is 5.69 Å². The van der Waals surface area contributed by atoms with Gasteiger partial charge in [-0.05, 0) is 101 Å². The number of nitrogens with zero attached hydrogens (tertiary/aromatic N) is 1. The maximum absolute atomic E-state index is 13.3. The number of ether oxygens (including phenoxy) is 1. The molecule has 3 rings (SSSR count). The van der Waals surface area contributed by atoms with E-state index in [2.05, 4.69) is 69.0 Å². The Kier molecular flexibility index (Phi) is 8.42. The molecule has 0 fully saturated rings. The molecule has 180 valence electrons. The van der Waals surface area contributed by atoms with Gasteiger partial charge in [0.05, 0.1) is 11.1 Å². The first kappa shape index (κ1) is 27.0. The van der Waals surface area contributed by atoms with Crippen LogP contribution in [0.2, 0.25) is 0 Å². The average molecular weight is 724 g/mol. The molecule has 0 aliphatic carbocycles. The molecular formula is C23H20Br4N2O5. The minimum absolute atomic E-state index is 0.137. The number of carbonyl (C=O) groups is 4. The number of nitrogens with one attached hydrogen (secondary N) is 1. The van der Waals surface area contributed by atoms with Crippen LogP contribution in [0, 0.1) is 19.8 Å². The Hall–Kier alpha value is -1.56. The fourth-order valence-corrected chi connectivity index (χ4v) is 6.03. The van der Waals surface area contributed by atoms with Crippen molar-refractivity contribution in [2.45, 2.75) is 33.7 Å². The minimum Gasteiger partial charge on any atom is -0.454 e. The third-order valence-electron chi connectivity index (χ3n) is 5.30. The highest BCUT2D eigenvalue weighted by atomic mass is 79.9. The summed E-state index contributed by atoms with van der Waals surface area (Å²) in [7, 11) is 0. The Morgan fingerprint density at radius 3 is 1.97 bits per heavy atom. The van der Waals surface area contributed by atoms with E-state index in [-0.39, 0.29) is 11.1 Å². The quantitative estimate of drug-likeness (QED) is 0.167. The van der Waals surface area contributed by atoms with E-state index in [1.165, 1.54) is 0 Å². The Balaban J connectivity index is 1.81. The van der Waals surface area contributed by atoms with Gasteiger partial charge in [-0.1, -0.05) is 26.0 Å². The van der Waals surface area contributed by atoms with Crippen LogP contribution < -0.4 is 5.32 Å². The predicted molar refractivity (Wildman–Crippen MR) is 142 cm³/mol. The number of amides is 3. The van der Waals surface area contributed by atoms with Gasteiger partial charge >= 0.3 is 5.97 Å². The van der Waals surface area contributed by atoms with E-state index in [0.717, 1.165) is 16.0 Å². The molecule has 11 heteroatoms. The van der Waals surface area contributed by atoms with E-state index < -0.39 is 42.3 Å². The van der Waals surface area contributed by atoms with Crippen molar-refractivity contribution in [2.75, 3.05) is 11.9 Å². The summed E-state index contributed by atoms with van der Waals surface area (Å²) in [5, 5.41) is 2.72. The van der Waals surface area contributed by atoms with Gasteiger partial charge < -0.3 is 10.1 Å². The monoisotopic (exact) mass is 720 g/mol. The van der Waals surface area contributed by atoms with Crippen molar-refractivity contribution in [3.8, 4) is 0 Å². The second-order valence-electron chi connectivity index (χ2n) is 8.15. The molecular weight excluding hydrogens is 704 g/mol. The highest BCUT2D eigenvalue weighted by molar-refractivity contribution is 9.15. The van der Waals surface area contributed by atoms with Gasteiger partial charge in [-0.15, -0.1) is 0 Å². The summed E-state index contributed by atoms with van der Waals surface area (Å²) >= 11 is 13.5. The van der Waals surface area contributed by atoms with Crippen LogP contribution in [0.3, 0.4) is 0 Å². The van der Waals surface area contributed by atoms with Gasteiger partial charge in [0.15, 0.2) is 6.61 Å². The van der Waals surface area contributed by atoms with Crippen molar-refractivity contribution in [1.82, 2.24) is 4.90 Å². The van der Waals surface area contributed by atoms with Crippen LogP contribution in [-0.2, 0) is 14.3 Å². The third kappa shape index (κ3) is 5.03. The summed E-state index contributed by atoms with van der Waals surface area (Å²) in [6.07, 6.45) is 0. The number of fused-ring (bicyclic) bond motifs is 1. The maximum atomic E-state index is 13.3. The second-order valence-corrected chi connectivity index (χ2v) is 11.3. The Morgan fingerprint density at radius 2 is 1.47 bits per heavy atom. The molecule has 1 aliphatic heterocycles. The lowest BCUT2D eigenvalue weighted by Gasteiger charge is -2.27. The first-order valence-electron chi connectivity index (χ1n) is 10.1. The molecule has 0 radical (unpaired) electrons. The van der Waals surface area contributed by atoms with E-state index in [4.69, 9.17) is 4.74 Å². The summed E-state index contributed by atoms with van der Waals surface area (Å²) in [5.74, 6) is -3.08. The van der Waals surface area contributed by atoms with Crippen LogP contribution in [0.5, 0.6) is 0 Å². The van der Waals surface area contributed by atoms with E-state index in [9.17, 15) is 19.2 Å². The first-order chi connectivity index (χ1) is 15.9. The van der Waals surface area contributed by atoms with Crippen molar-refractivity contribution in [3.05, 3.63) is 58.3 Å². The number of halogens is 4. The van der Waals surface area contributed by atoms with Gasteiger partial charge in [0.25, 0.3) is 17.7 Å². The summed E-state index contributed by atoms with van der Waals surface area (Å²) in [5.41, 5.74) is 2.73. The van der Waals surface area contributed by atoms with E-state index >= 15 is 0 Å². The molecule has 7 nitrogen and oxygen atoms in total. The maximum Gasteiger partial charge on any atom is 0.330 e. The first-order valence-corrected chi connectivity index (χ1v) is 13.3. The number of imide groups is 1. The van der Waals surface area contributed by atoms with Crippen LogP contribution in [0.15, 0.2) is 36.1 Å². The fraction of sp³-hybridized carbons (Fsp3) is 0.304. The standard InChI is InChI=1S/C23H20Br4N2O5/c1-9(2)20(23(33)34-8-13(30)28-12-7-10(3)5-6-11(12)4)29-21(31)14-15(22(29)32)17(25)19(27)18(26)16(14)24/h5-7,9,20H,8H2,1-4H3,(H,28,30). The van der Waals surface area contributed by atoms with E-state index in [1.807, 2.05) is 32.0 Å². The number of esters is 1. The van der Waals surface area contributed by atoms with Crippen LogP contribution in [-0.4, -0.2) is 41.2 Å². The van der Waals surface area contributed by atoms with Crippen LogP contribution >= 0.6 is 63.7 Å². The van der Waals surface area contributed by atoms with Crippen molar-refractivity contribution in [2.24, 2.45) is 5.92 Å². The molecule has 0 saturated heterocycles. The zero-order valence-electron chi connectivity index (χ0n) is 18.6. The summed E-state index contributed by atoms with van der Waals surface area (Å²) in [4.78, 5) is 52.9. The normalized spacial score (nSPS) is 13.9. The van der Waals surface area contributed by atoms with Gasteiger partial charge in [0, 0.05) is 23.6 Å². The number of carbonyl (C=O) groups excluding carboxylic acids is 4. The fourth-order valence-electron chi connectivity index (χ4n) is 3.57. The summed E-state index contributed by atoms with van der Waals surface area (Å²) < 4.78 is 7.13. The molecule has 0 aromatic heterocycles. The number of benzene rings is 2. The van der Waals surface area contributed by atoms with Gasteiger partial charge in [-0.3, -0.25) is 19.3 Å². The molecule has 0 bridgehead atoms. The van der Waals surface area contributed by atoms with Gasteiger partial charge in [-0.25, -0.2) is 4.79 Å². The lowest BCUT2D eigenvalue weighted by molar-refractivity contribution is -0.152. The Morgan fingerprint density at radius 1 is 0.941 bits per heavy atom. The number of anilines is 1. The molecule has 34 heavy (non-hydrogen) atoms. The highest BCUT2D eigenvalue weighted by Crippen LogP contribution is 2.46. The number of aryl methyl sites for hydroxylation is 2. The molecule has 0 saturated carbocycles. The average Bonchev–Trinajstić information content (AvgIpc) is 3.02. The van der Waals surface area contributed by atoms with Crippen molar-refractivity contribution in [1.29, 1.82) is 0 Å². The predicted octanol–water partition coefficient (Wildman–Crippen LogP) is 6.16. The Labute approximate surface area is 230 Å². The topological polar surface area (TPSA) is 92.8 Å². The zero-order valence-corrected chi connectivity index (χ0v) is 24.9. The molecule has 2 aromatic rings. The molecule has 3 amide bonds. The van der Waals surface area contributed by atoms with Crippen LogP contribution in [0.1, 0.15) is 45.7 Å². The Bertz CT molecular complexity index is 1180. The highest BCUT2D eigenvalue weighted by Gasteiger charge is 2.47. The minimum atomic E-state index is -1.21. The van der Waals surface area contributed by atoms with Gasteiger partial charge in [0.1, 0.15) is 6.04 Å². The third-order valence-corrected chi connectivity index (χ3v) is 10.1. The van der Waals surface area contributed by atoms with Crippen molar-refractivity contribution >= 4 is 93.1 Å². The largest absolute Gasteiger partial charge is 0.454 e. The molecule has 1 unspecified atom stereocenters. The molecule has 1 heterocycles. The van der Waals surface area contributed by atoms with E-state index in [1.54, 1.807) is 13.8 Å². The smallest absolute Gasteiger partial charge is 0.330 e. The molecule has 0 spiro atoms. The molecule has 1 N–H and O–H groups in total. The zero-order chi connectivity index (χ0) is 25.5. The molecule has 1 atom stereocenters. The summed E-state index contributed by atoms with van der Waals surface area (Å²) in [6.45, 7) is 6.59. The van der Waals surface area contributed by atoms with Crippen LogP contribution in [0.25, 0.3) is 0 Å². The van der Waals surface area contributed by atoms with Crippen molar-refractivity contribution in [3.63, 3.8) is 0 Å². The van der Waals surface area contributed by atoms with Gasteiger partial charge in [-0.2, -0.15) is 0 Å². The van der Waals surface area contributed by atoms with Gasteiger partial charge in [0.2, 0.25) is 0 Å². The lowest BCUT2D eigenvalue weighted by Crippen LogP contribution is -2.49.